The fraction of sp³-hybridized carbons (Fsp3) is 0.467. The molecule has 0 bridgehead atoms. The number of β-lactam (4-membered cyclic amide) rings is 1. The molecular weight excluding hydrogens is 354 g/mol. The van der Waals surface area contributed by atoms with E-state index in [1.807, 2.05) is 13.8 Å². The van der Waals surface area contributed by atoms with E-state index in [1.54, 1.807) is 18.2 Å². The number of hydrogen-bond acceptors (Lipinski definition) is 7. The van der Waals surface area contributed by atoms with E-state index < -0.39 is 33.7 Å². The van der Waals surface area contributed by atoms with Crippen LogP contribution >= 0.6 is 11.8 Å². The third-order valence-electron chi connectivity index (χ3n) is 3.98. The summed E-state index contributed by atoms with van der Waals surface area (Å²) >= 11 is 1.54. The minimum absolute atomic E-state index is 0.0148. The predicted molar refractivity (Wildman–Crippen MR) is 86.4 cm³/mol. The molecule has 1 amide bonds. The van der Waals surface area contributed by atoms with Crippen molar-refractivity contribution in [3.8, 4) is 0 Å². The minimum Gasteiger partial charge on any atom is -0.436 e. The highest BCUT2D eigenvalue weighted by Gasteiger charge is 2.59. The van der Waals surface area contributed by atoms with Gasteiger partial charge in [0.15, 0.2) is 0 Å². The molecule has 2 heterocycles. The summed E-state index contributed by atoms with van der Waals surface area (Å²) < 4.78 is 33.1. The van der Waals surface area contributed by atoms with Crippen LogP contribution in [-0.2, 0) is 28.6 Å². The van der Waals surface area contributed by atoms with Gasteiger partial charge in [-0.05, 0) is 26.0 Å². The van der Waals surface area contributed by atoms with Crippen LogP contribution < -0.4 is 0 Å². The Balaban J connectivity index is 1.61. The Kier molecular flexibility index (Phi) is 4.35. The van der Waals surface area contributed by atoms with Crippen LogP contribution in [0.1, 0.15) is 20.3 Å². The largest absolute Gasteiger partial charge is 0.436 e. The summed E-state index contributed by atoms with van der Waals surface area (Å²) in [5.74, 6) is -0.760. The lowest BCUT2D eigenvalue weighted by molar-refractivity contribution is -0.165. The average Bonchev–Trinajstić information content (AvgIpc) is 2.74. The van der Waals surface area contributed by atoms with Gasteiger partial charge in [-0.3, -0.25) is 4.79 Å². The molecule has 3 rings (SSSR count). The van der Waals surface area contributed by atoms with Crippen molar-refractivity contribution in [3.63, 3.8) is 0 Å². The van der Waals surface area contributed by atoms with Crippen molar-refractivity contribution in [1.82, 2.24) is 4.90 Å². The predicted octanol–water partition coefficient (Wildman–Crippen LogP) is 1.34. The monoisotopic (exact) mass is 371 g/mol. The zero-order chi connectivity index (χ0) is 17.5. The molecule has 2 fully saturated rings. The van der Waals surface area contributed by atoms with E-state index in [-0.39, 0.29) is 16.2 Å². The minimum atomic E-state index is -3.99. The number of thioether (sulfide) groups is 1. The zero-order valence-electron chi connectivity index (χ0n) is 13.2. The van der Waals surface area contributed by atoms with Crippen molar-refractivity contribution in [2.75, 3.05) is 6.79 Å². The third-order valence-corrected chi connectivity index (χ3v) is 6.74. The first kappa shape index (κ1) is 17.2. The van der Waals surface area contributed by atoms with E-state index in [2.05, 4.69) is 0 Å². The van der Waals surface area contributed by atoms with Crippen LogP contribution in [0.25, 0.3) is 0 Å². The molecule has 2 aliphatic rings. The molecule has 0 saturated carbocycles. The van der Waals surface area contributed by atoms with Crippen molar-refractivity contribution < 1.29 is 26.9 Å². The first-order valence-electron chi connectivity index (χ1n) is 7.32. The number of nitrogens with zero attached hydrogens (tertiary/aromatic N) is 1. The van der Waals surface area contributed by atoms with Gasteiger partial charge in [-0.25, -0.2) is 8.98 Å². The van der Waals surface area contributed by atoms with Gasteiger partial charge in [0.1, 0.15) is 6.04 Å². The van der Waals surface area contributed by atoms with Crippen LogP contribution in [0, 0.1) is 0 Å². The van der Waals surface area contributed by atoms with Gasteiger partial charge in [0.25, 0.3) is 10.1 Å². The van der Waals surface area contributed by atoms with Crippen molar-refractivity contribution in [1.29, 1.82) is 0 Å². The van der Waals surface area contributed by atoms with Crippen molar-refractivity contribution in [2.45, 2.75) is 41.3 Å². The van der Waals surface area contributed by atoms with E-state index in [0.717, 1.165) is 0 Å². The van der Waals surface area contributed by atoms with Gasteiger partial charge in [-0.15, -0.1) is 11.8 Å². The summed E-state index contributed by atoms with van der Waals surface area (Å²) in [5.41, 5.74) is 0. The molecule has 0 aromatic heterocycles. The molecule has 130 valence electrons. The molecule has 1 aromatic rings. The Hall–Kier alpha value is -1.58. The highest BCUT2D eigenvalue weighted by atomic mass is 32.2. The average molecular weight is 371 g/mol. The van der Waals surface area contributed by atoms with E-state index in [0.29, 0.717) is 6.42 Å². The maximum Gasteiger partial charge on any atom is 0.332 e. The summed E-state index contributed by atoms with van der Waals surface area (Å²) in [6.07, 6.45) is 0.413. The topological polar surface area (TPSA) is 90.0 Å². The molecule has 0 spiro atoms. The van der Waals surface area contributed by atoms with E-state index in [9.17, 15) is 18.0 Å². The van der Waals surface area contributed by atoms with Crippen LogP contribution in [0.2, 0.25) is 0 Å². The highest BCUT2D eigenvalue weighted by Crippen LogP contribution is 2.50. The number of ether oxygens (including phenoxy) is 1. The lowest BCUT2D eigenvalue weighted by Crippen LogP contribution is -2.57. The summed E-state index contributed by atoms with van der Waals surface area (Å²) in [5, 5.41) is -0.0148. The number of benzene rings is 1. The Bertz CT molecular complexity index is 761. The normalized spacial score (nSPS) is 25.1. The molecule has 2 atom stereocenters. The molecule has 1 aromatic carbocycles. The fourth-order valence-electron chi connectivity index (χ4n) is 2.84. The van der Waals surface area contributed by atoms with Crippen LogP contribution in [0.5, 0.6) is 0 Å². The Morgan fingerprint density at radius 2 is 2.00 bits per heavy atom. The lowest BCUT2D eigenvalue weighted by Gasteiger charge is -2.37. The molecule has 2 saturated heterocycles. The second-order valence-electron chi connectivity index (χ2n) is 6.05. The second-order valence-corrected chi connectivity index (χ2v) is 9.50. The fourth-order valence-corrected chi connectivity index (χ4v) is 5.26. The molecule has 24 heavy (non-hydrogen) atoms. The summed E-state index contributed by atoms with van der Waals surface area (Å²) in [4.78, 5) is 25.5. The smallest absolute Gasteiger partial charge is 0.332 e. The molecule has 2 aliphatic heterocycles. The van der Waals surface area contributed by atoms with Gasteiger partial charge in [0.05, 0.1) is 16.7 Å². The van der Waals surface area contributed by atoms with E-state index in [4.69, 9.17) is 8.92 Å². The molecule has 0 N–H and O–H groups in total. The van der Waals surface area contributed by atoms with Crippen molar-refractivity contribution >= 4 is 33.8 Å². The quantitative estimate of drug-likeness (QED) is 0.334. The summed E-state index contributed by atoms with van der Waals surface area (Å²) in [7, 11) is -3.99. The van der Waals surface area contributed by atoms with Gasteiger partial charge >= 0.3 is 5.97 Å². The molecular formula is C15H17NO6S2. The number of hydrogen-bond donors (Lipinski definition) is 0. The summed E-state index contributed by atoms with van der Waals surface area (Å²) in [6.45, 7) is 2.99. The molecule has 0 radical (unpaired) electrons. The number of esters is 1. The maximum atomic E-state index is 12.3. The van der Waals surface area contributed by atoms with Crippen molar-refractivity contribution in [3.05, 3.63) is 30.3 Å². The lowest BCUT2D eigenvalue weighted by atomic mass is 9.98. The third kappa shape index (κ3) is 3.03. The highest BCUT2D eigenvalue weighted by molar-refractivity contribution is 8.01. The van der Waals surface area contributed by atoms with Gasteiger partial charge in [-0.1, -0.05) is 18.2 Å². The molecule has 0 aliphatic carbocycles. The van der Waals surface area contributed by atoms with Crippen LogP contribution in [0.15, 0.2) is 35.2 Å². The van der Waals surface area contributed by atoms with Crippen LogP contribution in [0.3, 0.4) is 0 Å². The Morgan fingerprint density at radius 3 is 2.62 bits per heavy atom. The standard InChI is InChI=1S/C15H17NO6S2/c1-15(2)13(16-11(17)8-12(16)23-15)14(18)21-9-22-24(19,20)10-6-4-3-5-7-10/h3-7,12-13H,8-9H2,1-2H3/t12-,13+/m1/s1. The molecule has 7 nitrogen and oxygen atoms in total. The SMILES string of the molecule is CC1(C)S[C@@H]2CC(=O)N2[C@H]1C(=O)OCOS(=O)(=O)c1ccccc1. The first-order chi connectivity index (χ1) is 11.2. The number of carbonyl (C=O) groups is 2. The van der Waals surface area contributed by atoms with Crippen molar-refractivity contribution in [2.24, 2.45) is 0 Å². The number of amides is 1. The van der Waals surface area contributed by atoms with Crippen LogP contribution in [-0.4, -0.2) is 48.1 Å². The van der Waals surface area contributed by atoms with E-state index >= 15 is 0 Å². The Labute approximate surface area is 144 Å². The number of fused-ring (bicyclic) bond motifs is 1. The number of carbonyl (C=O) groups excluding carboxylic acids is 2. The van der Waals surface area contributed by atoms with Crippen LogP contribution in [0.4, 0.5) is 0 Å². The Morgan fingerprint density at radius 1 is 1.33 bits per heavy atom. The number of rotatable bonds is 5. The van der Waals surface area contributed by atoms with Gasteiger partial charge in [0, 0.05) is 4.75 Å². The first-order valence-corrected chi connectivity index (χ1v) is 9.61. The molecule has 9 heteroatoms. The zero-order valence-corrected chi connectivity index (χ0v) is 14.8. The maximum absolute atomic E-state index is 12.3. The summed E-state index contributed by atoms with van der Waals surface area (Å²) in [6, 6.07) is 6.84. The van der Waals surface area contributed by atoms with Gasteiger partial charge in [-0.2, -0.15) is 8.42 Å². The second kappa shape index (κ2) is 6.05. The molecule has 0 unspecified atom stereocenters. The van der Waals surface area contributed by atoms with Gasteiger partial charge < -0.3 is 9.64 Å². The van der Waals surface area contributed by atoms with Gasteiger partial charge in [0.2, 0.25) is 12.7 Å². The van der Waals surface area contributed by atoms with E-state index in [1.165, 1.54) is 28.8 Å².